The third-order valence-corrected chi connectivity index (χ3v) is 10.7. The lowest BCUT2D eigenvalue weighted by molar-refractivity contribution is -0.274. The van der Waals surface area contributed by atoms with Gasteiger partial charge < -0.3 is 24.0 Å². The molecule has 236 valence electrons. The van der Waals surface area contributed by atoms with Crippen LogP contribution in [0.15, 0.2) is 40.9 Å². The maximum absolute atomic E-state index is 15.1. The number of para-hydroxylation sites is 1. The Bertz CT molecular complexity index is 1780. The van der Waals surface area contributed by atoms with Crippen molar-refractivity contribution >= 4 is 33.3 Å². The van der Waals surface area contributed by atoms with E-state index in [2.05, 4.69) is 19.2 Å². The maximum Gasteiger partial charge on any atom is 0.573 e. The first kappa shape index (κ1) is 28.7. The van der Waals surface area contributed by atoms with Gasteiger partial charge in [0.15, 0.2) is 5.69 Å². The minimum absolute atomic E-state index is 0.00727. The van der Waals surface area contributed by atoms with Crippen molar-refractivity contribution in [2.75, 3.05) is 4.90 Å². The molecule has 2 saturated heterocycles. The minimum atomic E-state index is -4.84. The highest BCUT2D eigenvalue weighted by Gasteiger charge is 2.54. The summed E-state index contributed by atoms with van der Waals surface area (Å²) in [4.78, 5) is 13.8. The molecule has 0 radical (unpaired) electrons. The van der Waals surface area contributed by atoms with Crippen molar-refractivity contribution in [2.24, 2.45) is 5.41 Å². The van der Waals surface area contributed by atoms with Crippen molar-refractivity contribution in [1.82, 2.24) is 9.53 Å². The van der Waals surface area contributed by atoms with Crippen LogP contribution in [0.25, 0.3) is 21.3 Å². The third-order valence-electron chi connectivity index (χ3n) is 9.89. The van der Waals surface area contributed by atoms with Gasteiger partial charge in [-0.15, -0.1) is 13.2 Å². The lowest BCUT2D eigenvalue weighted by atomic mass is 9.59. The van der Waals surface area contributed by atoms with E-state index in [1.807, 2.05) is 6.07 Å². The lowest BCUT2D eigenvalue weighted by Crippen LogP contribution is -2.54. The van der Waals surface area contributed by atoms with Gasteiger partial charge in [0.25, 0.3) is 0 Å². The molecular formula is C32H29F4N3O5S. The molecule has 2 aliphatic heterocycles. The van der Waals surface area contributed by atoms with E-state index in [4.69, 9.17) is 9.26 Å². The van der Waals surface area contributed by atoms with Crippen LogP contribution >= 0.6 is 11.5 Å². The topological polar surface area (TPSA) is 97.9 Å². The first-order valence-electron chi connectivity index (χ1n) is 15.1. The third kappa shape index (κ3) is 5.13. The molecular weight excluding hydrogens is 614 g/mol. The van der Waals surface area contributed by atoms with Crippen LogP contribution in [-0.4, -0.2) is 45.2 Å². The number of fused-ring (bicyclic) bond motifs is 3. The molecule has 4 aromatic rings. The summed E-state index contributed by atoms with van der Waals surface area (Å²) in [6.07, 6.45) is 2.74. The fourth-order valence-electron chi connectivity index (χ4n) is 7.95. The molecule has 0 amide bonds. The summed E-state index contributed by atoms with van der Waals surface area (Å²) in [7, 11) is 0. The van der Waals surface area contributed by atoms with E-state index < -0.39 is 18.1 Å². The number of aromatic carboxylic acids is 1. The molecule has 13 heteroatoms. The lowest BCUT2D eigenvalue weighted by Gasteiger charge is -2.55. The van der Waals surface area contributed by atoms with Crippen LogP contribution in [0.2, 0.25) is 0 Å². The summed E-state index contributed by atoms with van der Waals surface area (Å²) in [6.45, 7) is 0.192. The summed E-state index contributed by atoms with van der Waals surface area (Å²) < 4.78 is 75.3. The fraction of sp³-hybridized carbons (Fsp3) is 0.469. The average Bonchev–Trinajstić information content (AvgIpc) is 3.46. The largest absolute Gasteiger partial charge is 0.573 e. The number of benzene rings is 2. The van der Waals surface area contributed by atoms with Crippen LogP contribution in [0.3, 0.4) is 0 Å². The minimum Gasteiger partial charge on any atom is -0.476 e. The van der Waals surface area contributed by atoms with Gasteiger partial charge in [-0.25, -0.2) is 9.18 Å². The summed E-state index contributed by atoms with van der Waals surface area (Å²) in [5.41, 5.74) is 1.86. The summed E-state index contributed by atoms with van der Waals surface area (Å²) >= 11 is 1.00. The number of aromatic nitrogens is 2. The number of anilines is 1. The summed E-state index contributed by atoms with van der Waals surface area (Å²) in [6, 6.07) is 9.77. The molecule has 1 spiro atoms. The van der Waals surface area contributed by atoms with Crippen molar-refractivity contribution in [1.29, 1.82) is 0 Å². The molecule has 8 nitrogen and oxygen atoms in total. The molecule has 2 aliphatic carbocycles. The Kier molecular flexibility index (Phi) is 6.65. The van der Waals surface area contributed by atoms with E-state index >= 15 is 4.39 Å². The van der Waals surface area contributed by atoms with Gasteiger partial charge in [-0.1, -0.05) is 17.3 Å². The Hall–Kier alpha value is -3.71. The van der Waals surface area contributed by atoms with E-state index in [1.165, 1.54) is 18.2 Å². The highest BCUT2D eigenvalue weighted by atomic mass is 32.1. The van der Waals surface area contributed by atoms with Gasteiger partial charge in [0.1, 0.15) is 23.0 Å². The predicted molar refractivity (Wildman–Crippen MR) is 156 cm³/mol. The number of hydrogen-bond donors (Lipinski definition) is 1. The molecule has 45 heavy (non-hydrogen) atoms. The van der Waals surface area contributed by atoms with Crippen molar-refractivity contribution in [3.63, 3.8) is 0 Å². The van der Waals surface area contributed by atoms with E-state index in [1.54, 1.807) is 12.1 Å². The van der Waals surface area contributed by atoms with Crippen LogP contribution in [0, 0.1) is 11.2 Å². The van der Waals surface area contributed by atoms with Gasteiger partial charge in [0, 0.05) is 34.8 Å². The first-order chi connectivity index (χ1) is 21.6. The number of carbonyl (C=O) groups is 1. The second kappa shape index (κ2) is 10.4. The molecule has 4 heterocycles. The quantitative estimate of drug-likeness (QED) is 0.193. The molecule has 2 unspecified atom stereocenters. The van der Waals surface area contributed by atoms with Gasteiger partial charge in [0.2, 0.25) is 0 Å². The second-order valence-corrected chi connectivity index (χ2v) is 13.7. The Balaban J connectivity index is 0.962. The van der Waals surface area contributed by atoms with Crippen LogP contribution in [0.5, 0.6) is 5.75 Å². The number of hydrogen-bond acceptors (Lipinski definition) is 8. The number of rotatable bonds is 8. The van der Waals surface area contributed by atoms with Crippen LogP contribution in [-0.2, 0) is 11.3 Å². The van der Waals surface area contributed by atoms with Gasteiger partial charge in [-0.05, 0) is 92.6 Å². The molecule has 1 N–H and O–H groups in total. The highest BCUT2D eigenvalue weighted by molar-refractivity contribution is 7.13. The SMILES string of the molecule is O=C(O)c1nsc2cc(N3C4CCC3CC3(CC(OCc5c(-c6ccccc6OC(F)(F)F)noc5C5CC5)C3)C4)cc(F)c12. The van der Waals surface area contributed by atoms with Crippen LogP contribution < -0.4 is 9.64 Å². The molecule has 4 aliphatic rings. The first-order valence-corrected chi connectivity index (χ1v) is 15.9. The number of carboxylic acids is 1. The smallest absolute Gasteiger partial charge is 0.476 e. The fourth-order valence-corrected chi connectivity index (χ4v) is 8.76. The van der Waals surface area contributed by atoms with Crippen LogP contribution in [0.4, 0.5) is 23.2 Å². The molecule has 8 rings (SSSR count). The number of piperidine rings is 1. The number of nitrogens with zero attached hydrogens (tertiary/aromatic N) is 3. The normalized spacial score (nSPS) is 26.0. The van der Waals surface area contributed by atoms with Crippen molar-refractivity contribution in [2.45, 2.75) is 88.4 Å². The van der Waals surface area contributed by atoms with Crippen molar-refractivity contribution in [3.8, 4) is 17.0 Å². The number of carboxylic acid groups (broad SMARTS) is 1. The second-order valence-electron chi connectivity index (χ2n) is 12.9. The standard InChI is InChI=1S/C32H29F4N3O5S/c33-23-9-19(10-25-26(23)28(30(40)41)38-45-25)39-17-7-8-18(39)12-31(11-17)13-20(14-31)42-15-22-27(37-44-29(22)16-5-6-16)21-3-1-2-4-24(21)43-32(34,35)36/h1-4,9-10,16-18,20H,5-8,11-15H2,(H,40,41). The number of alkyl halides is 3. The Morgan fingerprint density at radius 2 is 1.82 bits per heavy atom. The predicted octanol–water partition coefficient (Wildman–Crippen LogP) is 8.06. The zero-order valence-corrected chi connectivity index (χ0v) is 24.8. The number of halogens is 4. The molecule has 2 atom stereocenters. The van der Waals surface area contributed by atoms with E-state index in [-0.39, 0.29) is 58.5 Å². The monoisotopic (exact) mass is 643 g/mol. The van der Waals surface area contributed by atoms with Gasteiger partial charge in [-0.2, -0.15) is 4.37 Å². The number of ether oxygens (including phenoxy) is 2. The van der Waals surface area contributed by atoms with Gasteiger partial charge in [0.05, 0.1) is 22.8 Å². The van der Waals surface area contributed by atoms with Gasteiger partial charge >= 0.3 is 12.3 Å². The molecule has 2 aromatic heterocycles. The molecule has 2 bridgehead atoms. The Labute approximate surface area is 259 Å². The summed E-state index contributed by atoms with van der Waals surface area (Å²) in [5, 5.41) is 13.6. The zero-order valence-electron chi connectivity index (χ0n) is 24.0. The molecule has 4 fully saturated rings. The van der Waals surface area contributed by atoms with Gasteiger partial charge in [-0.3, -0.25) is 0 Å². The molecule has 2 aromatic carbocycles. The van der Waals surface area contributed by atoms with Crippen molar-refractivity contribution in [3.05, 3.63) is 59.2 Å². The highest BCUT2D eigenvalue weighted by Crippen LogP contribution is 2.58. The maximum atomic E-state index is 15.1. The van der Waals surface area contributed by atoms with E-state index in [0.717, 1.165) is 68.6 Å². The van der Waals surface area contributed by atoms with E-state index in [0.29, 0.717) is 21.7 Å². The Morgan fingerprint density at radius 1 is 1.09 bits per heavy atom. The molecule has 2 saturated carbocycles. The van der Waals surface area contributed by atoms with Crippen molar-refractivity contribution < 1.29 is 41.5 Å². The Morgan fingerprint density at radius 3 is 2.51 bits per heavy atom. The zero-order chi connectivity index (χ0) is 31.1. The van der Waals surface area contributed by atoms with E-state index in [9.17, 15) is 23.1 Å². The van der Waals surface area contributed by atoms with Crippen LogP contribution in [0.1, 0.15) is 79.1 Å². The average molecular weight is 644 g/mol. The summed E-state index contributed by atoms with van der Waals surface area (Å²) in [5.74, 6) is -1.26.